The summed E-state index contributed by atoms with van der Waals surface area (Å²) in [6.45, 7) is 2.91. The zero-order valence-electron chi connectivity index (χ0n) is 9.60. The molecule has 0 aromatic carbocycles. The Bertz CT molecular complexity index is 379. The lowest BCUT2D eigenvalue weighted by Crippen LogP contribution is -2.22. The van der Waals surface area contributed by atoms with Crippen molar-refractivity contribution in [3.05, 3.63) is 17.8 Å². The van der Waals surface area contributed by atoms with Crippen molar-refractivity contribution in [3.63, 3.8) is 0 Å². The van der Waals surface area contributed by atoms with Crippen LogP contribution < -0.4 is 10.6 Å². The molecule has 0 saturated heterocycles. The summed E-state index contributed by atoms with van der Waals surface area (Å²) in [5, 5.41) is 8.92. The maximum Gasteiger partial charge on any atom is 0.337 e. The first-order valence-corrected chi connectivity index (χ1v) is 5.26. The maximum atomic E-state index is 10.9. The number of hydrogen-bond acceptors (Lipinski definition) is 4. The third kappa shape index (κ3) is 2.62. The number of carboxylic acid groups (broad SMARTS) is 1. The van der Waals surface area contributed by atoms with Crippen LogP contribution in [0.1, 0.15) is 30.1 Å². The molecule has 0 amide bonds. The average molecular weight is 223 g/mol. The molecule has 5 heteroatoms. The number of pyridine rings is 1. The van der Waals surface area contributed by atoms with Gasteiger partial charge in [-0.3, -0.25) is 0 Å². The van der Waals surface area contributed by atoms with Crippen molar-refractivity contribution in [1.82, 2.24) is 4.98 Å². The van der Waals surface area contributed by atoms with E-state index in [0.717, 1.165) is 19.4 Å². The van der Waals surface area contributed by atoms with Gasteiger partial charge in [-0.25, -0.2) is 9.78 Å². The van der Waals surface area contributed by atoms with Gasteiger partial charge >= 0.3 is 5.97 Å². The minimum absolute atomic E-state index is 0.105. The summed E-state index contributed by atoms with van der Waals surface area (Å²) in [6.07, 6.45) is 3.56. The van der Waals surface area contributed by atoms with Gasteiger partial charge in [0.05, 0.1) is 11.3 Å². The molecule has 1 aromatic rings. The highest BCUT2D eigenvalue weighted by atomic mass is 16.4. The number of nitrogen functional groups attached to an aromatic ring is 1. The van der Waals surface area contributed by atoms with Gasteiger partial charge in [0.1, 0.15) is 0 Å². The van der Waals surface area contributed by atoms with Crippen LogP contribution in [0.4, 0.5) is 11.5 Å². The molecule has 88 valence electrons. The van der Waals surface area contributed by atoms with Crippen LogP contribution in [0.3, 0.4) is 0 Å². The summed E-state index contributed by atoms with van der Waals surface area (Å²) < 4.78 is 0. The number of rotatable bonds is 5. The zero-order valence-corrected chi connectivity index (χ0v) is 9.60. The minimum atomic E-state index is -1.02. The summed E-state index contributed by atoms with van der Waals surface area (Å²) in [6, 6.07) is 1.41. The van der Waals surface area contributed by atoms with Crippen LogP contribution in [0.2, 0.25) is 0 Å². The first-order chi connectivity index (χ1) is 7.57. The molecule has 0 aliphatic heterocycles. The van der Waals surface area contributed by atoms with Gasteiger partial charge in [0, 0.05) is 19.8 Å². The van der Waals surface area contributed by atoms with Crippen molar-refractivity contribution >= 4 is 17.5 Å². The fraction of sp³-hybridized carbons (Fsp3) is 0.455. The lowest BCUT2D eigenvalue weighted by molar-refractivity contribution is 0.0698. The van der Waals surface area contributed by atoms with E-state index in [-0.39, 0.29) is 11.3 Å². The molecule has 1 rings (SSSR count). The van der Waals surface area contributed by atoms with Gasteiger partial charge in [-0.2, -0.15) is 0 Å². The normalized spacial score (nSPS) is 10.1. The molecule has 0 atom stereocenters. The molecule has 0 radical (unpaired) electrons. The van der Waals surface area contributed by atoms with E-state index in [1.165, 1.54) is 12.3 Å². The second kappa shape index (κ2) is 5.34. The Morgan fingerprint density at radius 2 is 2.31 bits per heavy atom. The lowest BCUT2D eigenvalue weighted by atomic mass is 10.2. The quantitative estimate of drug-likeness (QED) is 0.792. The van der Waals surface area contributed by atoms with E-state index in [1.54, 1.807) is 0 Å². The molecule has 0 aliphatic rings. The fourth-order valence-electron chi connectivity index (χ4n) is 1.45. The van der Waals surface area contributed by atoms with Crippen molar-refractivity contribution in [2.45, 2.75) is 19.8 Å². The molecule has 0 bridgehead atoms. The predicted molar refractivity (Wildman–Crippen MR) is 63.8 cm³/mol. The van der Waals surface area contributed by atoms with Crippen LogP contribution >= 0.6 is 0 Å². The number of aromatic carboxylic acids is 1. The van der Waals surface area contributed by atoms with E-state index in [9.17, 15) is 4.79 Å². The highest BCUT2D eigenvalue weighted by Crippen LogP contribution is 2.23. The highest BCUT2D eigenvalue weighted by Gasteiger charge is 2.14. The van der Waals surface area contributed by atoms with E-state index >= 15 is 0 Å². The number of aromatic nitrogens is 1. The van der Waals surface area contributed by atoms with Gasteiger partial charge in [0.25, 0.3) is 0 Å². The summed E-state index contributed by atoms with van der Waals surface area (Å²) >= 11 is 0. The fourth-order valence-corrected chi connectivity index (χ4v) is 1.45. The lowest BCUT2D eigenvalue weighted by Gasteiger charge is -2.20. The molecule has 0 aliphatic carbocycles. The molecular weight excluding hydrogens is 206 g/mol. The van der Waals surface area contributed by atoms with Crippen LogP contribution in [0, 0.1) is 0 Å². The molecule has 1 heterocycles. The van der Waals surface area contributed by atoms with E-state index < -0.39 is 5.97 Å². The van der Waals surface area contributed by atoms with Crippen LogP contribution in [-0.2, 0) is 0 Å². The maximum absolute atomic E-state index is 10.9. The number of nitrogens with two attached hydrogens (primary N) is 1. The van der Waals surface area contributed by atoms with Crippen molar-refractivity contribution in [1.29, 1.82) is 0 Å². The Balaban J connectivity index is 2.96. The van der Waals surface area contributed by atoms with Crippen LogP contribution in [0.15, 0.2) is 12.3 Å². The summed E-state index contributed by atoms with van der Waals surface area (Å²) in [5.74, 6) is -0.488. The van der Waals surface area contributed by atoms with Gasteiger partial charge in [0.15, 0.2) is 5.82 Å². The Labute approximate surface area is 94.9 Å². The molecule has 1 aromatic heterocycles. The third-order valence-electron chi connectivity index (χ3n) is 2.41. The Morgan fingerprint density at radius 1 is 1.62 bits per heavy atom. The van der Waals surface area contributed by atoms with Crippen molar-refractivity contribution in [2.75, 3.05) is 24.2 Å². The number of nitrogens with zero attached hydrogens (tertiary/aromatic N) is 2. The average Bonchev–Trinajstić information content (AvgIpc) is 2.25. The predicted octanol–water partition coefficient (Wildman–Crippen LogP) is 1.60. The topological polar surface area (TPSA) is 79.5 Å². The number of hydrogen-bond donors (Lipinski definition) is 2. The Morgan fingerprint density at radius 3 is 2.88 bits per heavy atom. The van der Waals surface area contributed by atoms with Gasteiger partial charge in [0.2, 0.25) is 0 Å². The SMILES string of the molecule is CCCCN(C)c1nccc(C(=O)O)c1N. The monoisotopic (exact) mass is 223 g/mol. The minimum Gasteiger partial charge on any atom is -0.478 e. The van der Waals surface area contributed by atoms with Crippen LogP contribution in [0.25, 0.3) is 0 Å². The van der Waals surface area contributed by atoms with E-state index in [2.05, 4.69) is 11.9 Å². The molecule has 0 unspecified atom stereocenters. The molecule has 0 saturated carbocycles. The Hall–Kier alpha value is -1.78. The van der Waals surface area contributed by atoms with Gasteiger partial charge in [-0.1, -0.05) is 13.3 Å². The van der Waals surface area contributed by atoms with Gasteiger partial charge in [-0.15, -0.1) is 0 Å². The number of carboxylic acids is 1. The van der Waals surface area contributed by atoms with Crippen LogP contribution in [-0.4, -0.2) is 29.7 Å². The van der Waals surface area contributed by atoms with Crippen molar-refractivity contribution in [2.24, 2.45) is 0 Å². The first-order valence-electron chi connectivity index (χ1n) is 5.26. The first kappa shape index (κ1) is 12.3. The molecule has 0 spiro atoms. The second-order valence-electron chi connectivity index (χ2n) is 3.68. The highest BCUT2D eigenvalue weighted by molar-refractivity contribution is 5.96. The van der Waals surface area contributed by atoms with Crippen molar-refractivity contribution in [3.8, 4) is 0 Å². The smallest absolute Gasteiger partial charge is 0.337 e. The number of carbonyl (C=O) groups is 1. The zero-order chi connectivity index (χ0) is 12.1. The molecule has 3 N–H and O–H groups in total. The standard InChI is InChI=1S/C11H17N3O2/c1-3-4-7-14(2)10-9(12)8(11(15)16)5-6-13-10/h5-6H,3-4,7,12H2,1-2H3,(H,15,16). The molecule has 0 fully saturated rings. The molecule has 5 nitrogen and oxygen atoms in total. The largest absolute Gasteiger partial charge is 0.478 e. The summed E-state index contributed by atoms with van der Waals surface area (Å²) in [4.78, 5) is 16.9. The summed E-state index contributed by atoms with van der Waals surface area (Å²) in [7, 11) is 1.86. The number of unbranched alkanes of at least 4 members (excludes halogenated alkanes) is 1. The van der Waals surface area contributed by atoms with Gasteiger partial charge in [-0.05, 0) is 12.5 Å². The third-order valence-corrected chi connectivity index (χ3v) is 2.41. The molecular formula is C11H17N3O2. The van der Waals surface area contributed by atoms with Crippen LogP contribution in [0.5, 0.6) is 0 Å². The molecule has 16 heavy (non-hydrogen) atoms. The van der Waals surface area contributed by atoms with Crippen molar-refractivity contribution < 1.29 is 9.90 Å². The summed E-state index contributed by atoms with van der Waals surface area (Å²) in [5.41, 5.74) is 6.11. The van der Waals surface area contributed by atoms with E-state index in [4.69, 9.17) is 10.8 Å². The second-order valence-corrected chi connectivity index (χ2v) is 3.68. The van der Waals surface area contributed by atoms with E-state index in [1.807, 2.05) is 11.9 Å². The number of anilines is 2. The van der Waals surface area contributed by atoms with Gasteiger partial charge < -0.3 is 15.7 Å². The Kier molecular flexibility index (Phi) is 4.10. The van der Waals surface area contributed by atoms with E-state index in [0.29, 0.717) is 5.82 Å².